The van der Waals surface area contributed by atoms with Gasteiger partial charge < -0.3 is 26.0 Å². The Morgan fingerprint density at radius 1 is 1.47 bits per heavy atom. The third-order valence-electron chi connectivity index (χ3n) is 4.90. The first-order valence-corrected chi connectivity index (χ1v) is 11.4. The van der Waals surface area contributed by atoms with E-state index >= 15 is 0 Å². The van der Waals surface area contributed by atoms with E-state index in [9.17, 15) is 24.3 Å². The molecule has 1 aromatic heterocycles. The van der Waals surface area contributed by atoms with E-state index in [1.165, 1.54) is 30.6 Å². The fraction of sp³-hybridized carbons (Fsp3) is 0.562. The number of amides is 2. The lowest BCUT2D eigenvalue weighted by Gasteiger charge is -2.55. The Morgan fingerprint density at radius 3 is 2.81 bits per heavy atom. The summed E-state index contributed by atoms with van der Waals surface area (Å²) in [5.41, 5.74) is 4.05. The minimum absolute atomic E-state index is 0.0645. The Hall–Kier alpha value is -2.69. The largest absolute Gasteiger partial charge is 0.480 e. The van der Waals surface area contributed by atoms with Gasteiger partial charge in [-0.15, -0.1) is 22.0 Å². The zero-order valence-corrected chi connectivity index (χ0v) is 18.4. The van der Waals surface area contributed by atoms with Gasteiger partial charge in [-0.25, -0.2) is 4.79 Å². The maximum Gasteiger partial charge on any atom is 0.352 e. The molecule has 3 rings (SSSR count). The van der Waals surface area contributed by atoms with E-state index in [4.69, 9.17) is 15.6 Å². The minimum Gasteiger partial charge on any atom is -0.480 e. The molecular weight excluding hydrogens is 466 g/mol. The first kappa shape index (κ1) is 24.0. The number of tetrazole rings is 1. The average molecular weight is 488 g/mol. The van der Waals surface area contributed by atoms with Crippen LogP contribution < -0.4 is 11.1 Å². The number of nitrogens with one attached hydrogen (secondary N) is 2. The number of nitrogens with two attached hydrogens (primary N) is 1. The van der Waals surface area contributed by atoms with E-state index in [0.29, 0.717) is 10.7 Å². The maximum atomic E-state index is 13.0. The number of fused-ring (bicyclic) bond motifs is 1. The maximum absolute atomic E-state index is 13.0. The van der Waals surface area contributed by atoms with Crippen LogP contribution in [0.25, 0.3) is 0 Å². The van der Waals surface area contributed by atoms with Crippen LogP contribution in [0.5, 0.6) is 0 Å². The van der Waals surface area contributed by atoms with Crippen LogP contribution >= 0.6 is 23.5 Å². The van der Waals surface area contributed by atoms with Gasteiger partial charge in [0, 0.05) is 25.0 Å². The minimum atomic E-state index is -1.70. The standard InChI is InChI=1S/C16H21N7O7S2/c1-30-16(18-9(24)4-2-3-8(17)11(25)26)13(29)23-10(12(27)28)7(5-31-14(16)23)6-32-15-19-21-22-20-15/h8,14H,2-6,17H2,1H3,(H,18,24)(H,25,26)(H,27,28)(H,19,20,21,22). The van der Waals surface area contributed by atoms with E-state index in [1.54, 1.807) is 0 Å². The molecule has 16 heteroatoms. The molecule has 0 saturated carbocycles. The normalized spacial score (nSPS) is 23.4. The van der Waals surface area contributed by atoms with Gasteiger partial charge in [0.2, 0.25) is 11.1 Å². The molecule has 174 valence electrons. The second-order valence-corrected chi connectivity index (χ2v) is 8.91. The summed E-state index contributed by atoms with van der Waals surface area (Å²) in [6, 6.07) is -1.08. The van der Waals surface area contributed by atoms with Crippen LogP contribution in [0.4, 0.5) is 0 Å². The molecule has 3 unspecified atom stereocenters. The number of carbonyl (C=O) groups excluding carboxylic acids is 2. The van der Waals surface area contributed by atoms with Crippen molar-refractivity contribution in [2.75, 3.05) is 18.6 Å². The zero-order valence-electron chi connectivity index (χ0n) is 16.8. The van der Waals surface area contributed by atoms with Crippen molar-refractivity contribution in [1.29, 1.82) is 0 Å². The average Bonchev–Trinajstić information content (AvgIpc) is 3.28. The van der Waals surface area contributed by atoms with E-state index in [2.05, 4.69) is 25.9 Å². The number of nitrogens with zero attached hydrogens (tertiary/aromatic N) is 4. The highest BCUT2D eigenvalue weighted by atomic mass is 32.2. The van der Waals surface area contributed by atoms with Crippen LogP contribution in [0.3, 0.4) is 0 Å². The molecule has 1 fully saturated rings. The summed E-state index contributed by atoms with van der Waals surface area (Å²) in [4.78, 5) is 49.2. The molecule has 3 heterocycles. The number of β-lactam (4-membered cyclic amide) rings is 1. The Bertz CT molecular complexity index is 941. The molecule has 2 aliphatic rings. The van der Waals surface area contributed by atoms with Crippen molar-refractivity contribution in [2.24, 2.45) is 5.73 Å². The molecule has 2 aliphatic heterocycles. The molecule has 0 aromatic carbocycles. The molecule has 0 bridgehead atoms. The number of methoxy groups -OCH3 is 1. The predicted molar refractivity (Wildman–Crippen MR) is 110 cm³/mol. The first-order chi connectivity index (χ1) is 15.2. The number of hydrogen-bond acceptors (Lipinski definition) is 11. The van der Waals surface area contributed by atoms with Gasteiger partial charge in [-0.2, -0.15) is 5.21 Å². The van der Waals surface area contributed by atoms with Crippen LogP contribution in [0.2, 0.25) is 0 Å². The van der Waals surface area contributed by atoms with Gasteiger partial charge >= 0.3 is 11.9 Å². The first-order valence-electron chi connectivity index (χ1n) is 9.32. The van der Waals surface area contributed by atoms with Crippen LogP contribution in [0.15, 0.2) is 16.4 Å². The zero-order chi connectivity index (χ0) is 23.5. The number of thioether (sulfide) groups is 2. The van der Waals surface area contributed by atoms with Crippen molar-refractivity contribution in [1.82, 2.24) is 30.8 Å². The lowest BCUT2D eigenvalue weighted by Crippen LogP contribution is -2.80. The molecule has 6 N–H and O–H groups in total. The lowest BCUT2D eigenvalue weighted by atomic mass is 9.98. The smallest absolute Gasteiger partial charge is 0.352 e. The van der Waals surface area contributed by atoms with Gasteiger partial charge in [-0.05, 0) is 23.6 Å². The lowest BCUT2D eigenvalue weighted by molar-refractivity contribution is -0.192. The predicted octanol–water partition coefficient (Wildman–Crippen LogP) is -1.41. The third-order valence-corrected chi connectivity index (χ3v) is 7.19. The number of H-pyrrole nitrogens is 1. The van der Waals surface area contributed by atoms with Crippen LogP contribution in [0, 0.1) is 0 Å². The van der Waals surface area contributed by atoms with E-state index in [0.717, 1.165) is 4.90 Å². The van der Waals surface area contributed by atoms with Gasteiger partial charge in [0.1, 0.15) is 17.1 Å². The van der Waals surface area contributed by atoms with Crippen LogP contribution in [-0.4, -0.2) is 95.2 Å². The fourth-order valence-electron chi connectivity index (χ4n) is 3.30. The van der Waals surface area contributed by atoms with Crippen molar-refractivity contribution >= 4 is 47.3 Å². The van der Waals surface area contributed by atoms with Crippen molar-refractivity contribution in [3.05, 3.63) is 11.3 Å². The molecular formula is C16H21N7O7S2. The third kappa shape index (κ3) is 4.57. The highest BCUT2D eigenvalue weighted by Crippen LogP contribution is 2.47. The topological polar surface area (TPSA) is 214 Å². The highest BCUT2D eigenvalue weighted by Gasteiger charge is 2.66. The van der Waals surface area contributed by atoms with E-state index in [-0.39, 0.29) is 36.5 Å². The molecule has 32 heavy (non-hydrogen) atoms. The number of carbonyl (C=O) groups is 4. The van der Waals surface area contributed by atoms with Gasteiger partial charge in [-0.3, -0.25) is 19.3 Å². The summed E-state index contributed by atoms with van der Waals surface area (Å²) in [5.74, 6) is -3.14. The summed E-state index contributed by atoms with van der Waals surface area (Å²) in [6.45, 7) is 0. The number of ether oxygens (including phenoxy) is 1. The van der Waals surface area contributed by atoms with Gasteiger partial charge in [0.25, 0.3) is 11.6 Å². The summed E-state index contributed by atoms with van der Waals surface area (Å²) in [7, 11) is 1.25. The summed E-state index contributed by atoms with van der Waals surface area (Å²) >= 11 is 2.43. The van der Waals surface area contributed by atoms with E-state index < -0.39 is 40.9 Å². The quantitative estimate of drug-likeness (QED) is 0.138. The number of carboxylic acids is 2. The summed E-state index contributed by atoms with van der Waals surface area (Å²) < 4.78 is 5.36. The van der Waals surface area contributed by atoms with Gasteiger partial charge in [0.05, 0.1) is 0 Å². The number of hydrogen-bond donors (Lipinski definition) is 5. The number of carboxylic acid groups (broad SMARTS) is 2. The number of aromatic nitrogens is 4. The van der Waals surface area contributed by atoms with Crippen molar-refractivity contribution in [3.8, 4) is 0 Å². The molecule has 0 aliphatic carbocycles. The number of aromatic amines is 1. The second-order valence-electron chi connectivity index (χ2n) is 6.90. The molecule has 0 spiro atoms. The summed E-state index contributed by atoms with van der Waals surface area (Å²) in [5, 5.41) is 34.0. The highest BCUT2D eigenvalue weighted by molar-refractivity contribution is 8.01. The molecule has 1 saturated heterocycles. The fourth-order valence-corrected chi connectivity index (χ4v) is 5.61. The molecule has 2 amide bonds. The summed E-state index contributed by atoms with van der Waals surface area (Å²) in [6.07, 6.45) is 0.228. The van der Waals surface area contributed by atoms with Crippen molar-refractivity contribution < 1.29 is 34.1 Å². The van der Waals surface area contributed by atoms with Gasteiger partial charge in [0.15, 0.2) is 0 Å². The van der Waals surface area contributed by atoms with Crippen molar-refractivity contribution in [2.45, 2.75) is 41.6 Å². The monoisotopic (exact) mass is 487 g/mol. The SMILES string of the molecule is COC1(NC(=O)CCCC(N)C(=O)O)C(=O)N2C(C(=O)O)=C(CSc3nn[nH]n3)CSC21. The molecule has 14 nitrogen and oxygen atoms in total. The Morgan fingerprint density at radius 2 is 2.22 bits per heavy atom. The Kier molecular flexibility index (Phi) is 7.37. The molecule has 0 radical (unpaired) electrons. The van der Waals surface area contributed by atoms with Crippen LogP contribution in [0.1, 0.15) is 19.3 Å². The van der Waals surface area contributed by atoms with E-state index in [1.807, 2.05) is 0 Å². The van der Waals surface area contributed by atoms with Crippen LogP contribution in [-0.2, 0) is 23.9 Å². The Balaban J connectivity index is 1.69. The molecule has 3 atom stereocenters. The Labute approximate surface area is 189 Å². The van der Waals surface area contributed by atoms with Crippen molar-refractivity contribution in [3.63, 3.8) is 0 Å². The van der Waals surface area contributed by atoms with Gasteiger partial charge in [-0.1, -0.05) is 11.8 Å². The molecule has 1 aromatic rings. The second kappa shape index (κ2) is 9.85. The number of aliphatic carboxylic acids is 2. The number of rotatable bonds is 11.